The molecule has 1 N–H and O–H groups in total. The summed E-state index contributed by atoms with van der Waals surface area (Å²) >= 11 is 6.28. The first-order valence-electron chi connectivity index (χ1n) is 9.83. The van der Waals surface area contributed by atoms with Gasteiger partial charge in [-0.3, -0.25) is 9.59 Å². The van der Waals surface area contributed by atoms with E-state index in [4.69, 9.17) is 16.3 Å². The molecule has 2 rings (SSSR count). The highest BCUT2D eigenvalue weighted by molar-refractivity contribution is 6.31. The zero-order chi connectivity index (χ0) is 21.4. The smallest absolute Gasteiger partial charge is 0.261 e. The van der Waals surface area contributed by atoms with E-state index in [9.17, 15) is 9.59 Å². The van der Waals surface area contributed by atoms with Crippen LogP contribution in [0.15, 0.2) is 42.5 Å². The first kappa shape index (κ1) is 22.8. The van der Waals surface area contributed by atoms with Crippen molar-refractivity contribution in [2.24, 2.45) is 0 Å². The van der Waals surface area contributed by atoms with Crippen molar-refractivity contribution in [3.8, 4) is 5.75 Å². The van der Waals surface area contributed by atoms with Crippen molar-refractivity contribution in [1.82, 2.24) is 10.2 Å². The summed E-state index contributed by atoms with van der Waals surface area (Å²) in [6, 6.07) is 12.5. The second-order valence-corrected chi connectivity index (χ2v) is 7.60. The quantitative estimate of drug-likeness (QED) is 0.663. The molecule has 2 aromatic rings. The second-order valence-electron chi connectivity index (χ2n) is 7.19. The topological polar surface area (TPSA) is 58.6 Å². The molecule has 1 atom stereocenters. The van der Waals surface area contributed by atoms with Gasteiger partial charge in [-0.25, -0.2) is 0 Å². The van der Waals surface area contributed by atoms with Crippen LogP contribution in [-0.2, 0) is 16.1 Å². The Balaban J connectivity index is 2.17. The minimum absolute atomic E-state index is 0.154. The predicted molar refractivity (Wildman–Crippen MR) is 116 cm³/mol. The fraction of sp³-hybridized carbons (Fsp3) is 0.391. The predicted octanol–water partition coefficient (Wildman–Crippen LogP) is 4.28. The van der Waals surface area contributed by atoms with Crippen molar-refractivity contribution >= 4 is 23.4 Å². The summed E-state index contributed by atoms with van der Waals surface area (Å²) in [6.07, 6.45) is 0.826. The fourth-order valence-corrected chi connectivity index (χ4v) is 3.23. The van der Waals surface area contributed by atoms with Crippen LogP contribution in [0.1, 0.15) is 37.0 Å². The number of carbonyl (C=O) groups is 2. The van der Waals surface area contributed by atoms with E-state index >= 15 is 0 Å². The van der Waals surface area contributed by atoms with Gasteiger partial charge in [0, 0.05) is 18.1 Å². The molecule has 0 radical (unpaired) electrons. The summed E-state index contributed by atoms with van der Waals surface area (Å²) < 4.78 is 5.73. The number of hydrogen-bond acceptors (Lipinski definition) is 3. The molecule has 29 heavy (non-hydrogen) atoms. The summed E-state index contributed by atoms with van der Waals surface area (Å²) in [5.74, 6) is 0.165. The lowest BCUT2D eigenvalue weighted by Gasteiger charge is -2.29. The summed E-state index contributed by atoms with van der Waals surface area (Å²) in [4.78, 5) is 27.0. The highest BCUT2D eigenvalue weighted by Crippen LogP contribution is 2.20. The molecule has 0 aliphatic rings. The number of hydrogen-bond donors (Lipinski definition) is 1. The molecule has 0 saturated carbocycles. The highest BCUT2D eigenvalue weighted by Gasteiger charge is 2.26. The van der Waals surface area contributed by atoms with E-state index in [2.05, 4.69) is 5.32 Å². The molecule has 0 fully saturated rings. The molecule has 2 aromatic carbocycles. The van der Waals surface area contributed by atoms with E-state index in [1.54, 1.807) is 13.0 Å². The van der Waals surface area contributed by atoms with Gasteiger partial charge in [-0.15, -0.1) is 0 Å². The Labute approximate surface area is 178 Å². The lowest BCUT2D eigenvalue weighted by atomic mass is 10.1. The standard InChI is InChI=1S/C23H29ClN2O3/c1-5-10-25-23(28)18(4)26(14-19-8-6-7-9-21(19)24)22(27)15-29-20-12-16(2)11-17(3)13-20/h6-9,11-13,18H,5,10,14-15H2,1-4H3,(H,25,28)/t18-/m1/s1. The van der Waals surface area contributed by atoms with E-state index < -0.39 is 6.04 Å². The van der Waals surface area contributed by atoms with Gasteiger partial charge in [-0.1, -0.05) is 42.8 Å². The van der Waals surface area contributed by atoms with Gasteiger partial charge in [0.05, 0.1) is 0 Å². The van der Waals surface area contributed by atoms with Gasteiger partial charge < -0.3 is 15.0 Å². The number of aryl methyl sites for hydroxylation is 2. The number of benzene rings is 2. The van der Waals surface area contributed by atoms with Crippen molar-refractivity contribution in [3.63, 3.8) is 0 Å². The number of rotatable bonds is 9. The highest BCUT2D eigenvalue weighted by atomic mass is 35.5. The van der Waals surface area contributed by atoms with Gasteiger partial charge in [0.15, 0.2) is 6.61 Å². The third-order valence-electron chi connectivity index (χ3n) is 4.57. The average Bonchev–Trinajstić information content (AvgIpc) is 2.68. The molecule has 0 aromatic heterocycles. The summed E-state index contributed by atoms with van der Waals surface area (Å²) in [5.41, 5.74) is 2.91. The van der Waals surface area contributed by atoms with Crippen molar-refractivity contribution in [3.05, 3.63) is 64.2 Å². The third kappa shape index (κ3) is 6.79. The molecule has 2 amide bonds. The van der Waals surface area contributed by atoms with Gasteiger partial charge >= 0.3 is 0 Å². The average molecular weight is 417 g/mol. The Bertz CT molecular complexity index is 834. The van der Waals surface area contributed by atoms with Crippen molar-refractivity contribution < 1.29 is 14.3 Å². The maximum absolute atomic E-state index is 13.0. The Morgan fingerprint density at radius 3 is 2.41 bits per heavy atom. The van der Waals surface area contributed by atoms with E-state index in [-0.39, 0.29) is 25.0 Å². The first-order chi connectivity index (χ1) is 13.8. The lowest BCUT2D eigenvalue weighted by molar-refractivity contribution is -0.142. The van der Waals surface area contributed by atoms with Crippen LogP contribution in [0.2, 0.25) is 5.02 Å². The van der Waals surface area contributed by atoms with E-state index in [0.29, 0.717) is 17.3 Å². The molecule has 0 unspecified atom stereocenters. The van der Waals surface area contributed by atoms with Crippen LogP contribution >= 0.6 is 11.6 Å². The Morgan fingerprint density at radius 2 is 1.79 bits per heavy atom. The zero-order valence-electron chi connectivity index (χ0n) is 17.5. The summed E-state index contributed by atoms with van der Waals surface area (Å²) in [7, 11) is 0. The molecule has 0 aliphatic heterocycles. The lowest BCUT2D eigenvalue weighted by Crippen LogP contribution is -2.49. The fourth-order valence-electron chi connectivity index (χ4n) is 3.03. The molecule has 0 spiro atoms. The van der Waals surface area contributed by atoms with Crippen LogP contribution in [0, 0.1) is 13.8 Å². The SMILES string of the molecule is CCCNC(=O)[C@@H](C)N(Cc1ccccc1Cl)C(=O)COc1cc(C)cc(C)c1. The third-order valence-corrected chi connectivity index (χ3v) is 4.94. The van der Waals surface area contributed by atoms with Gasteiger partial charge in [0.1, 0.15) is 11.8 Å². The molecule has 0 bridgehead atoms. The van der Waals surface area contributed by atoms with E-state index in [1.807, 2.05) is 57.2 Å². The van der Waals surface area contributed by atoms with Crippen molar-refractivity contribution in [1.29, 1.82) is 0 Å². The summed E-state index contributed by atoms with van der Waals surface area (Å²) in [6.45, 7) is 8.30. The molecule has 5 nitrogen and oxygen atoms in total. The Hall–Kier alpha value is -2.53. The van der Waals surface area contributed by atoms with Crippen LogP contribution in [0.5, 0.6) is 5.75 Å². The maximum Gasteiger partial charge on any atom is 0.261 e. The van der Waals surface area contributed by atoms with Crippen molar-refractivity contribution in [2.45, 2.75) is 46.7 Å². The molecule has 0 aliphatic carbocycles. The number of nitrogens with one attached hydrogen (secondary N) is 1. The number of amides is 2. The number of nitrogens with zero attached hydrogens (tertiary/aromatic N) is 1. The van der Waals surface area contributed by atoms with Gasteiger partial charge in [-0.05, 0) is 62.1 Å². The number of halogens is 1. The minimum Gasteiger partial charge on any atom is -0.484 e. The van der Waals surface area contributed by atoms with Gasteiger partial charge in [0.2, 0.25) is 5.91 Å². The largest absolute Gasteiger partial charge is 0.484 e. The van der Waals surface area contributed by atoms with E-state index in [0.717, 1.165) is 23.1 Å². The molecular weight excluding hydrogens is 388 g/mol. The van der Waals surface area contributed by atoms with Crippen LogP contribution in [-0.4, -0.2) is 35.9 Å². The van der Waals surface area contributed by atoms with Gasteiger partial charge in [-0.2, -0.15) is 0 Å². The van der Waals surface area contributed by atoms with Crippen LogP contribution < -0.4 is 10.1 Å². The minimum atomic E-state index is -0.645. The molecule has 0 saturated heterocycles. The molecule has 6 heteroatoms. The van der Waals surface area contributed by atoms with Crippen LogP contribution in [0.4, 0.5) is 0 Å². The molecule has 0 heterocycles. The summed E-state index contributed by atoms with van der Waals surface area (Å²) in [5, 5.41) is 3.41. The van der Waals surface area contributed by atoms with Crippen molar-refractivity contribution in [2.75, 3.05) is 13.2 Å². The van der Waals surface area contributed by atoms with Crippen LogP contribution in [0.25, 0.3) is 0 Å². The normalized spacial score (nSPS) is 11.6. The molecule has 156 valence electrons. The van der Waals surface area contributed by atoms with Gasteiger partial charge in [0.25, 0.3) is 5.91 Å². The zero-order valence-corrected chi connectivity index (χ0v) is 18.3. The second kappa shape index (κ2) is 10.9. The number of ether oxygens (including phenoxy) is 1. The Kier molecular flexibility index (Phi) is 8.52. The van der Waals surface area contributed by atoms with E-state index in [1.165, 1.54) is 4.90 Å². The first-order valence-corrected chi connectivity index (χ1v) is 10.2. The Morgan fingerprint density at radius 1 is 1.14 bits per heavy atom. The monoisotopic (exact) mass is 416 g/mol. The number of carbonyl (C=O) groups excluding carboxylic acids is 2. The van der Waals surface area contributed by atoms with Crippen LogP contribution in [0.3, 0.4) is 0 Å². The molecular formula is C23H29ClN2O3. The maximum atomic E-state index is 13.0.